The number of hydrogen-bond acceptors (Lipinski definition) is 4. The average molecular weight is 347 g/mol. The molecule has 2 aliphatic rings. The quantitative estimate of drug-likeness (QED) is 0.870. The molecule has 1 aromatic rings. The van der Waals surface area contributed by atoms with Crippen molar-refractivity contribution in [1.82, 2.24) is 15.1 Å². The monoisotopic (exact) mass is 347 g/mol. The molecule has 0 radical (unpaired) electrons. The number of carbonyl (C=O) groups is 1. The molecule has 0 unspecified atom stereocenters. The first-order chi connectivity index (χ1) is 12.0. The largest absolute Gasteiger partial charge is 0.507 e. The van der Waals surface area contributed by atoms with E-state index in [2.05, 4.69) is 10.2 Å². The van der Waals surface area contributed by atoms with Crippen LogP contribution in [0.5, 0.6) is 5.75 Å². The molecule has 3 rings (SSSR count). The van der Waals surface area contributed by atoms with Crippen molar-refractivity contribution in [2.75, 3.05) is 45.9 Å². The van der Waals surface area contributed by atoms with Crippen LogP contribution in [0.15, 0.2) is 12.1 Å². The van der Waals surface area contributed by atoms with Gasteiger partial charge in [0, 0.05) is 38.8 Å². The summed E-state index contributed by atoms with van der Waals surface area (Å²) in [6.07, 6.45) is 1.82. The fourth-order valence-electron chi connectivity index (χ4n) is 3.78. The van der Waals surface area contributed by atoms with Gasteiger partial charge in [0.15, 0.2) is 0 Å². The lowest BCUT2D eigenvalue weighted by Gasteiger charge is -2.32. The molecule has 138 valence electrons. The van der Waals surface area contributed by atoms with Gasteiger partial charge in [-0.3, -0.25) is 4.90 Å². The van der Waals surface area contributed by atoms with Crippen molar-refractivity contribution in [2.45, 2.75) is 32.7 Å². The van der Waals surface area contributed by atoms with Gasteiger partial charge in [0.25, 0.3) is 0 Å². The SMILES string of the molecule is Cc1cc(CCNC(=O)N2CC[C@@H](N3CCOCC3)C2)cc(C)c1O. The highest BCUT2D eigenvalue weighted by molar-refractivity contribution is 5.74. The molecule has 6 heteroatoms. The van der Waals surface area contributed by atoms with E-state index in [0.29, 0.717) is 18.3 Å². The minimum absolute atomic E-state index is 0.0305. The fourth-order valence-corrected chi connectivity index (χ4v) is 3.78. The molecular weight excluding hydrogens is 318 g/mol. The summed E-state index contributed by atoms with van der Waals surface area (Å²) in [4.78, 5) is 16.8. The Bertz CT molecular complexity index is 591. The molecule has 0 aromatic heterocycles. The first kappa shape index (κ1) is 18.0. The van der Waals surface area contributed by atoms with Crippen molar-refractivity contribution in [2.24, 2.45) is 0 Å². The standard InChI is InChI=1S/C19H29N3O3/c1-14-11-16(12-15(2)18(14)23)3-5-20-19(24)22-6-4-17(13-22)21-7-9-25-10-8-21/h11-12,17,23H,3-10,13H2,1-2H3,(H,20,24)/t17-/m1/s1. The molecule has 2 N–H and O–H groups in total. The molecule has 2 aliphatic heterocycles. The van der Waals surface area contributed by atoms with Crippen LogP contribution in [0, 0.1) is 13.8 Å². The van der Waals surface area contributed by atoms with Crippen molar-refractivity contribution in [3.05, 3.63) is 28.8 Å². The Morgan fingerprint density at radius 1 is 1.24 bits per heavy atom. The van der Waals surface area contributed by atoms with E-state index in [-0.39, 0.29) is 6.03 Å². The molecule has 2 heterocycles. The molecule has 2 amide bonds. The zero-order chi connectivity index (χ0) is 17.8. The first-order valence-electron chi connectivity index (χ1n) is 9.18. The van der Waals surface area contributed by atoms with Crippen LogP contribution in [0.4, 0.5) is 4.79 Å². The molecule has 0 spiro atoms. The van der Waals surface area contributed by atoms with Gasteiger partial charge in [-0.15, -0.1) is 0 Å². The summed E-state index contributed by atoms with van der Waals surface area (Å²) in [5.41, 5.74) is 2.91. The van der Waals surface area contributed by atoms with Crippen LogP contribution in [-0.4, -0.2) is 72.9 Å². The lowest BCUT2D eigenvalue weighted by Crippen LogP contribution is -2.46. The second-order valence-corrected chi connectivity index (χ2v) is 7.10. The summed E-state index contributed by atoms with van der Waals surface area (Å²) in [6, 6.07) is 4.47. The molecular formula is C19H29N3O3. The number of likely N-dealkylation sites (tertiary alicyclic amines) is 1. The molecule has 0 bridgehead atoms. The van der Waals surface area contributed by atoms with E-state index in [4.69, 9.17) is 4.74 Å². The lowest BCUT2D eigenvalue weighted by molar-refractivity contribution is 0.0191. The second-order valence-electron chi connectivity index (χ2n) is 7.10. The molecule has 2 saturated heterocycles. The third kappa shape index (κ3) is 4.44. The third-order valence-corrected chi connectivity index (χ3v) is 5.25. The molecule has 0 aliphatic carbocycles. The van der Waals surface area contributed by atoms with Gasteiger partial charge in [-0.25, -0.2) is 4.79 Å². The van der Waals surface area contributed by atoms with Gasteiger partial charge in [0.1, 0.15) is 5.75 Å². The summed E-state index contributed by atoms with van der Waals surface area (Å²) in [6.45, 7) is 9.60. The molecule has 25 heavy (non-hydrogen) atoms. The zero-order valence-electron chi connectivity index (χ0n) is 15.3. The molecule has 1 atom stereocenters. The van der Waals surface area contributed by atoms with Crippen molar-refractivity contribution < 1.29 is 14.6 Å². The fraction of sp³-hybridized carbons (Fsp3) is 0.632. The Morgan fingerprint density at radius 2 is 1.92 bits per heavy atom. The molecule has 2 fully saturated rings. The molecule has 0 saturated carbocycles. The maximum Gasteiger partial charge on any atom is 0.317 e. The van der Waals surface area contributed by atoms with Crippen molar-refractivity contribution in [3.8, 4) is 5.75 Å². The van der Waals surface area contributed by atoms with E-state index in [9.17, 15) is 9.90 Å². The van der Waals surface area contributed by atoms with Gasteiger partial charge in [-0.2, -0.15) is 0 Å². The van der Waals surface area contributed by atoms with E-state index in [1.807, 2.05) is 30.9 Å². The van der Waals surface area contributed by atoms with Crippen molar-refractivity contribution >= 4 is 6.03 Å². The molecule has 1 aromatic carbocycles. The first-order valence-corrected chi connectivity index (χ1v) is 9.18. The highest BCUT2D eigenvalue weighted by Gasteiger charge is 2.30. The number of urea groups is 1. The summed E-state index contributed by atoms with van der Waals surface area (Å²) in [5, 5.41) is 12.9. The van der Waals surface area contributed by atoms with Crippen LogP contribution in [0.2, 0.25) is 0 Å². The summed E-state index contributed by atoms with van der Waals surface area (Å²) >= 11 is 0. The van der Waals surface area contributed by atoms with Crippen LogP contribution in [-0.2, 0) is 11.2 Å². The number of nitrogens with one attached hydrogen (secondary N) is 1. The minimum atomic E-state index is 0.0305. The van der Waals surface area contributed by atoms with Gasteiger partial charge in [0.2, 0.25) is 0 Å². The van der Waals surface area contributed by atoms with Crippen molar-refractivity contribution in [3.63, 3.8) is 0 Å². The van der Waals surface area contributed by atoms with Crippen molar-refractivity contribution in [1.29, 1.82) is 0 Å². The Hall–Kier alpha value is -1.79. The number of amides is 2. The number of benzene rings is 1. The normalized spacial score (nSPS) is 21.5. The number of morpholine rings is 1. The number of ether oxygens (including phenoxy) is 1. The average Bonchev–Trinajstić information content (AvgIpc) is 3.10. The predicted molar refractivity (Wildman–Crippen MR) is 97.1 cm³/mol. The van der Waals surface area contributed by atoms with Crippen LogP contribution in [0.3, 0.4) is 0 Å². The Labute approximate surface area is 149 Å². The number of phenols is 1. The highest BCUT2D eigenvalue weighted by atomic mass is 16.5. The summed E-state index contributed by atoms with van der Waals surface area (Å²) < 4.78 is 5.40. The summed E-state index contributed by atoms with van der Waals surface area (Å²) in [7, 11) is 0. The number of hydrogen-bond donors (Lipinski definition) is 2. The topological polar surface area (TPSA) is 65.0 Å². The maximum absolute atomic E-state index is 12.4. The number of carbonyl (C=O) groups excluding carboxylic acids is 1. The number of aromatic hydroxyl groups is 1. The lowest BCUT2D eigenvalue weighted by atomic mass is 10.0. The number of phenolic OH excluding ortho intramolecular Hbond substituents is 1. The van der Waals surface area contributed by atoms with Gasteiger partial charge < -0.3 is 20.1 Å². The third-order valence-electron chi connectivity index (χ3n) is 5.25. The number of aryl methyl sites for hydroxylation is 2. The number of nitrogens with zero attached hydrogens (tertiary/aromatic N) is 2. The van der Waals surface area contributed by atoms with Crippen LogP contribution < -0.4 is 5.32 Å². The van der Waals surface area contributed by atoms with Gasteiger partial charge in [-0.1, -0.05) is 12.1 Å². The van der Waals surface area contributed by atoms with E-state index >= 15 is 0 Å². The molecule has 6 nitrogen and oxygen atoms in total. The van der Waals surface area contributed by atoms with Gasteiger partial charge in [-0.05, 0) is 43.4 Å². The van der Waals surface area contributed by atoms with E-state index in [0.717, 1.165) is 68.9 Å². The van der Waals surface area contributed by atoms with Gasteiger partial charge >= 0.3 is 6.03 Å². The minimum Gasteiger partial charge on any atom is -0.507 e. The van der Waals surface area contributed by atoms with Gasteiger partial charge in [0.05, 0.1) is 13.2 Å². The van der Waals surface area contributed by atoms with E-state index < -0.39 is 0 Å². The van der Waals surface area contributed by atoms with Crippen LogP contribution in [0.1, 0.15) is 23.1 Å². The Balaban J connectivity index is 1.44. The van der Waals surface area contributed by atoms with Crippen LogP contribution >= 0.6 is 0 Å². The van der Waals surface area contributed by atoms with E-state index in [1.165, 1.54) is 0 Å². The van der Waals surface area contributed by atoms with E-state index in [1.54, 1.807) is 0 Å². The highest BCUT2D eigenvalue weighted by Crippen LogP contribution is 2.23. The van der Waals surface area contributed by atoms with Crippen LogP contribution in [0.25, 0.3) is 0 Å². The predicted octanol–water partition coefficient (Wildman–Crippen LogP) is 1.67. The second kappa shape index (κ2) is 8.06. The number of rotatable bonds is 4. The smallest absolute Gasteiger partial charge is 0.317 e. The summed E-state index contributed by atoms with van der Waals surface area (Å²) in [5.74, 6) is 0.360. The maximum atomic E-state index is 12.4. The Morgan fingerprint density at radius 3 is 2.60 bits per heavy atom. The Kier molecular flexibility index (Phi) is 5.81. The zero-order valence-corrected chi connectivity index (χ0v) is 15.3.